The van der Waals surface area contributed by atoms with Crippen LogP contribution in [0.3, 0.4) is 0 Å². The van der Waals surface area contributed by atoms with E-state index in [1.54, 1.807) is 23.4 Å². The van der Waals surface area contributed by atoms with Gasteiger partial charge in [0.15, 0.2) is 0 Å². The van der Waals surface area contributed by atoms with Crippen molar-refractivity contribution in [2.45, 2.75) is 0 Å². The topological polar surface area (TPSA) is 40.0 Å². The van der Waals surface area contributed by atoms with E-state index in [0.29, 0.717) is 5.70 Å². The van der Waals surface area contributed by atoms with Crippen molar-refractivity contribution in [3.05, 3.63) is 49.5 Å². The van der Waals surface area contributed by atoms with Gasteiger partial charge in [0, 0.05) is 6.20 Å². The molecule has 0 radical (unpaired) electrons. The molecule has 0 aromatic heterocycles. The van der Waals surface area contributed by atoms with Gasteiger partial charge in [-0.3, -0.25) is 0 Å². The molecule has 4 heteroatoms. The Balaban J connectivity index is 3.08. The molecule has 1 heterocycles. The molecule has 0 bridgehead atoms. The molecule has 62 valence electrons. The summed E-state index contributed by atoms with van der Waals surface area (Å²) in [4.78, 5) is 0. The quantitative estimate of drug-likeness (QED) is 0.688. The SMILES string of the molecule is C=CC1=C(C=C)N(C=C)NN=N1. The van der Waals surface area contributed by atoms with Crippen molar-refractivity contribution in [3.63, 3.8) is 0 Å². The molecule has 0 unspecified atom stereocenters. The lowest BCUT2D eigenvalue weighted by Gasteiger charge is -2.22. The van der Waals surface area contributed by atoms with Crippen LogP contribution in [0.5, 0.6) is 0 Å². The molecular weight excluding hydrogens is 152 g/mol. The van der Waals surface area contributed by atoms with Gasteiger partial charge in [0.25, 0.3) is 0 Å². The maximum absolute atomic E-state index is 3.81. The third kappa shape index (κ3) is 1.27. The Kier molecular flexibility index (Phi) is 2.42. The van der Waals surface area contributed by atoms with Crippen molar-refractivity contribution < 1.29 is 0 Å². The highest BCUT2D eigenvalue weighted by Crippen LogP contribution is 2.16. The fraction of sp³-hybridized carbons (Fsp3) is 0. The van der Waals surface area contributed by atoms with Crippen LogP contribution in [0.2, 0.25) is 0 Å². The molecule has 0 amide bonds. The molecule has 1 aliphatic rings. The number of rotatable bonds is 3. The Morgan fingerprint density at radius 3 is 2.50 bits per heavy atom. The smallest absolute Gasteiger partial charge is 0.112 e. The number of hydrazine groups is 1. The largest absolute Gasteiger partial charge is 0.245 e. The number of allylic oxidation sites excluding steroid dienone is 2. The van der Waals surface area contributed by atoms with Crippen molar-refractivity contribution >= 4 is 0 Å². The zero-order chi connectivity index (χ0) is 8.97. The first-order chi connectivity index (χ1) is 5.83. The van der Waals surface area contributed by atoms with Gasteiger partial charge >= 0.3 is 0 Å². The van der Waals surface area contributed by atoms with Crippen molar-refractivity contribution in [3.8, 4) is 0 Å². The zero-order valence-electron chi connectivity index (χ0n) is 6.70. The maximum atomic E-state index is 3.81. The second kappa shape index (κ2) is 3.52. The molecule has 12 heavy (non-hydrogen) atoms. The lowest BCUT2D eigenvalue weighted by Crippen LogP contribution is -2.30. The van der Waals surface area contributed by atoms with E-state index >= 15 is 0 Å². The van der Waals surface area contributed by atoms with E-state index in [2.05, 4.69) is 35.6 Å². The molecule has 0 spiro atoms. The van der Waals surface area contributed by atoms with Crippen LogP contribution in [0.15, 0.2) is 59.8 Å². The van der Waals surface area contributed by atoms with Gasteiger partial charge in [-0.05, 0) is 12.2 Å². The van der Waals surface area contributed by atoms with Crippen LogP contribution in [0.25, 0.3) is 0 Å². The van der Waals surface area contributed by atoms with E-state index in [9.17, 15) is 0 Å². The van der Waals surface area contributed by atoms with E-state index in [1.807, 2.05) is 0 Å². The van der Waals surface area contributed by atoms with E-state index < -0.39 is 0 Å². The predicted octanol–water partition coefficient (Wildman–Crippen LogP) is 1.90. The molecule has 0 saturated heterocycles. The Bertz CT molecular complexity index is 275. The summed E-state index contributed by atoms with van der Waals surface area (Å²) < 4.78 is 0. The molecule has 1 rings (SSSR count). The third-order valence-electron chi connectivity index (χ3n) is 1.40. The fourth-order valence-corrected chi connectivity index (χ4v) is 0.840. The highest BCUT2D eigenvalue weighted by molar-refractivity contribution is 5.30. The first-order valence-corrected chi connectivity index (χ1v) is 3.40. The van der Waals surface area contributed by atoms with Gasteiger partial charge in [-0.25, -0.2) is 5.01 Å². The molecule has 0 aromatic rings. The van der Waals surface area contributed by atoms with Gasteiger partial charge in [0.05, 0.1) is 5.70 Å². The molecule has 4 nitrogen and oxygen atoms in total. The summed E-state index contributed by atoms with van der Waals surface area (Å²) in [5.74, 6) is 0. The van der Waals surface area contributed by atoms with Crippen LogP contribution in [0.1, 0.15) is 0 Å². The molecule has 1 N–H and O–H groups in total. The Hall–Kier alpha value is -1.84. The molecule has 1 aliphatic heterocycles. The summed E-state index contributed by atoms with van der Waals surface area (Å²) in [5.41, 5.74) is 4.09. The van der Waals surface area contributed by atoms with Crippen LogP contribution < -0.4 is 5.53 Å². The first-order valence-electron chi connectivity index (χ1n) is 3.40. The Labute approximate surface area is 71.2 Å². The van der Waals surface area contributed by atoms with Crippen molar-refractivity contribution in [2.75, 3.05) is 0 Å². The lowest BCUT2D eigenvalue weighted by atomic mass is 10.3. The van der Waals surface area contributed by atoms with Crippen molar-refractivity contribution in [1.82, 2.24) is 10.5 Å². The van der Waals surface area contributed by atoms with Crippen LogP contribution in [-0.4, -0.2) is 5.01 Å². The minimum atomic E-state index is 0.670. The number of hydrogen-bond donors (Lipinski definition) is 1. The summed E-state index contributed by atoms with van der Waals surface area (Å²) in [6.45, 7) is 10.8. The zero-order valence-corrected chi connectivity index (χ0v) is 6.70. The summed E-state index contributed by atoms with van der Waals surface area (Å²) in [5, 5.41) is 9.05. The van der Waals surface area contributed by atoms with Crippen LogP contribution in [0.4, 0.5) is 0 Å². The summed E-state index contributed by atoms with van der Waals surface area (Å²) in [7, 11) is 0. The number of nitrogens with zero attached hydrogens (tertiary/aromatic N) is 3. The highest BCUT2D eigenvalue weighted by atomic mass is 15.7. The summed E-state index contributed by atoms with van der Waals surface area (Å²) >= 11 is 0. The minimum absolute atomic E-state index is 0.670. The third-order valence-corrected chi connectivity index (χ3v) is 1.40. The Morgan fingerprint density at radius 1 is 1.25 bits per heavy atom. The molecule has 0 saturated carbocycles. The first kappa shape index (κ1) is 8.26. The van der Waals surface area contributed by atoms with Gasteiger partial charge in [-0.1, -0.05) is 25.0 Å². The standard InChI is InChI=1S/C8H10N4/c1-4-7-8(5-2)12(6-3)11-10-9-7/h4-6H,1-3H2,(H,9,11). The molecule has 0 aliphatic carbocycles. The monoisotopic (exact) mass is 162 g/mol. The molecule has 0 aromatic carbocycles. The average Bonchev–Trinajstić information content (AvgIpc) is 2.16. The van der Waals surface area contributed by atoms with Gasteiger partial charge in [0.2, 0.25) is 0 Å². The highest BCUT2D eigenvalue weighted by Gasteiger charge is 2.10. The average molecular weight is 162 g/mol. The predicted molar refractivity (Wildman–Crippen MR) is 47.4 cm³/mol. The van der Waals surface area contributed by atoms with Crippen LogP contribution in [-0.2, 0) is 0 Å². The fourth-order valence-electron chi connectivity index (χ4n) is 0.840. The summed E-state index contributed by atoms with van der Waals surface area (Å²) in [6, 6.07) is 0. The Morgan fingerprint density at radius 2 is 2.00 bits per heavy atom. The van der Waals surface area contributed by atoms with Crippen molar-refractivity contribution in [1.29, 1.82) is 0 Å². The normalized spacial score (nSPS) is 15.5. The minimum Gasteiger partial charge on any atom is -0.245 e. The van der Waals surface area contributed by atoms with E-state index in [-0.39, 0.29) is 0 Å². The summed E-state index contributed by atoms with van der Waals surface area (Å²) in [6.07, 6.45) is 4.85. The second-order valence-electron chi connectivity index (χ2n) is 2.03. The molecular formula is C8H10N4. The van der Waals surface area contributed by atoms with E-state index in [4.69, 9.17) is 0 Å². The van der Waals surface area contributed by atoms with Gasteiger partial charge in [-0.2, -0.15) is 5.53 Å². The second-order valence-corrected chi connectivity index (χ2v) is 2.03. The lowest BCUT2D eigenvalue weighted by molar-refractivity contribution is 0.327. The van der Waals surface area contributed by atoms with Gasteiger partial charge in [-0.15, -0.1) is 5.11 Å². The maximum Gasteiger partial charge on any atom is 0.112 e. The van der Waals surface area contributed by atoms with Crippen LogP contribution >= 0.6 is 0 Å². The van der Waals surface area contributed by atoms with E-state index in [1.165, 1.54) is 0 Å². The van der Waals surface area contributed by atoms with E-state index in [0.717, 1.165) is 5.70 Å². The van der Waals surface area contributed by atoms with Gasteiger partial charge < -0.3 is 0 Å². The van der Waals surface area contributed by atoms with Crippen LogP contribution in [0, 0.1) is 0 Å². The molecule has 0 fully saturated rings. The number of nitrogens with one attached hydrogen (secondary N) is 1. The number of hydrogen-bond acceptors (Lipinski definition) is 4. The van der Waals surface area contributed by atoms with Crippen molar-refractivity contribution in [2.24, 2.45) is 10.3 Å². The molecule has 0 atom stereocenters. The van der Waals surface area contributed by atoms with Gasteiger partial charge in [0.1, 0.15) is 5.70 Å².